The molecule has 0 bridgehead atoms. The number of fused-ring (bicyclic) bond motifs is 1. The molecule has 0 atom stereocenters. The highest BCUT2D eigenvalue weighted by Gasteiger charge is 2.11. The molecule has 0 radical (unpaired) electrons. The first-order chi connectivity index (χ1) is 6.95. The first-order valence-electron chi connectivity index (χ1n) is 4.39. The van der Waals surface area contributed by atoms with Crippen molar-refractivity contribution >= 4 is 0 Å². The maximum absolute atomic E-state index is 5.15. The molecular formula is C11H8N2O. The van der Waals surface area contributed by atoms with Crippen molar-refractivity contribution in [3.05, 3.63) is 43.2 Å². The van der Waals surface area contributed by atoms with E-state index in [0.717, 1.165) is 16.8 Å². The quantitative estimate of drug-likeness (QED) is 0.631. The van der Waals surface area contributed by atoms with Gasteiger partial charge < -0.3 is 9.40 Å². The molecule has 0 saturated heterocycles. The van der Waals surface area contributed by atoms with Crippen molar-refractivity contribution in [2.45, 2.75) is 0 Å². The monoisotopic (exact) mass is 184 g/mol. The van der Waals surface area contributed by atoms with Crippen LogP contribution in [-0.2, 0) is 0 Å². The van der Waals surface area contributed by atoms with Crippen LogP contribution in [-0.4, -0.2) is 9.97 Å². The highest BCUT2D eigenvalue weighted by atomic mass is 16.3. The van der Waals surface area contributed by atoms with Crippen molar-refractivity contribution in [1.29, 1.82) is 0 Å². The van der Waals surface area contributed by atoms with Gasteiger partial charge in [-0.1, -0.05) is 12.1 Å². The van der Waals surface area contributed by atoms with Crippen LogP contribution in [0.3, 0.4) is 0 Å². The minimum Gasteiger partial charge on any atom is -0.472 e. The second kappa shape index (κ2) is 2.73. The maximum Gasteiger partial charge on any atom is 0.0986 e. The average molecular weight is 184 g/mol. The molecule has 68 valence electrons. The van der Waals surface area contributed by atoms with Gasteiger partial charge in [0.1, 0.15) is 0 Å². The zero-order chi connectivity index (χ0) is 9.38. The highest BCUT2D eigenvalue weighted by molar-refractivity contribution is 5.83. The van der Waals surface area contributed by atoms with Crippen molar-refractivity contribution < 1.29 is 4.42 Å². The number of hydrogen-bond donors (Lipinski definition) is 1. The molecule has 0 fully saturated rings. The largest absolute Gasteiger partial charge is 0.472 e. The summed E-state index contributed by atoms with van der Waals surface area (Å²) in [5.74, 6) is 0. The van der Waals surface area contributed by atoms with E-state index in [0.29, 0.717) is 0 Å². The molecule has 0 amide bonds. The molecule has 1 aliphatic heterocycles. The van der Waals surface area contributed by atoms with Crippen molar-refractivity contribution in [2.75, 3.05) is 0 Å². The summed E-state index contributed by atoms with van der Waals surface area (Å²) >= 11 is 0. The molecule has 0 unspecified atom stereocenters. The Bertz CT molecular complexity index is 510. The minimum absolute atomic E-state index is 1.02. The molecule has 0 saturated carbocycles. The van der Waals surface area contributed by atoms with Gasteiger partial charge in [0.15, 0.2) is 0 Å². The van der Waals surface area contributed by atoms with Gasteiger partial charge in [-0.05, 0) is 11.6 Å². The summed E-state index contributed by atoms with van der Waals surface area (Å²) < 4.78 is 5.15. The zero-order valence-electron chi connectivity index (χ0n) is 7.40. The predicted octanol–water partition coefficient (Wildman–Crippen LogP) is 2.77. The molecule has 1 aromatic heterocycles. The molecular weight excluding hydrogens is 176 g/mol. The predicted molar refractivity (Wildman–Crippen MR) is 52.9 cm³/mol. The Labute approximate surface area is 80.7 Å². The van der Waals surface area contributed by atoms with Crippen molar-refractivity contribution in [3.63, 3.8) is 0 Å². The Morgan fingerprint density at radius 2 is 2.14 bits per heavy atom. The number of rotatable bonds is 1. The van der Waals surface area contributed by atoms with Gasteiger partial charge in [0.2, 0.25) is 0 Å². The minimum atomic E-state index is 1.02. The van der Waals surface area contributed by atoms with Gasteiger partial charge >= 0.3 is 0 Å². The zero-order valence-corrected chi connectivity index (χ0v) is 7.40. The van der Waals surface area contributed by atoms with Gasteiger partial charge in [-0.3, -0.25) is 0 Å². The summed E-state index contributed by atoms with van der Waals surface area (Å²) in [6.45, 7) is 0. The van der Waals surface area contributed by atoms with E-state index in [2.05, 4.69) is 22.1 Å². The third kappa shape index (κ3) is 0.956. The molecule has 3 rings (SSSR count). The lowest BCUT2D eigenvalue weighted by Crippen LogP contribution is -1.77. The fourth-order valence-electron chi connectivity index (χ4n) is 1.64. The summed E-state index contributed by atoms with van der Waals surface area (Å²) in [4.78, 5) is 7.08. The lowest BCUT2D eigenvalue weighted by Gasteiger charge is -1.99. The van der Waals surface area contributed by atoms with Crippen LogP contribution in [0.15, 0.2) is 47.7 Å². The fraction of sp³-hybridized carbons (Fsp3) is 0. The van der Waals surface area contributed by atoms with E-state index in [1.54, 1.807) is 18.9 Å². The van der Waals surface area contributed by atoms with Crippen molar-refractivity contribution in [1.82, 2.24) is 9.97 Å². The third-order valence-electron chi connectivity index (χ3n) is 2.33. The van der Waals surface area contributed by atoms with Crippen LogP contribution in [0.1, 0.15) is 0 Å². The SMILES string of the molecule is c1ncc(-c2ccc3ccocc2-3)[nH]1. The Hall–Kier alpha value is -2.03. The van der Waals surface area contributed by atoms with Crippen LogP contribution >= 0.6 is 0 Å². The Balaban J connectivity index is 2.25. The summed E-state index contributed by atoms with van der Waals surface area (Å²) in [7, 11) is 0. The second-order valence-electron chi connectivity index (χ2n) is 3.14. The number of aromatic nitrogens is 2. The number of aromatic amines is 1. The smallest absolute Gasteiger partial charge is 0.0986 e. The standard InChI is InChI=1S/C11H8N2O/c1-2-9(11-5-12-7-13-11)10-6-14-4-3-8(1)10/h1-7H,(H,12,13). The van der Waals surface area contributed by atoms with Crippen LogP contribution in [0.2, 0.25) is 0 Å². The van der Waals surface area contributed by atoms with Gasteiger partial charge in [-0.2, -0.15) is 0 Å². The Morgan fingerprint density at radius 3 is 3.00 bits per heavy atom. The number of nitrogens with zero attached hydrogens (tertiary/aromatic N) is 1. The van der Waals surface area contributed by atoms with Crippen LogP contribution in [0.5, 0.6) is 0 Å². The van der Waals surface area contributed by atoms with E-state index in [9.17, 15) is 0 Å². The number of imidazole rings is 1. The van der Waals surface area contributed by atoms with Crippen LogP contribution in [0.25, 0.3) is 22.4 Å². The van der Waals surface area contributed by atoms with Gasteiger partial charge in [0.25, 0.3) is 0 Å². The first kappa shape index (κ1) is 7.38. The summed E-state index contributed by atoms with van der Waals surface area (Å²) in [5, 5.41) is 0. The van der Waals surface area contributed by atoms with Crippen LogP contribution < -0.4 is 0 Å². The van der Waals surface area contributed by atoms with Crippen LogP contribution in [0, 0.1) is 0 Å². The summed E-state index contributed by atoms with van der Waals surface area (Å²) in [5.41, 5.74) is 4.43. The van der Waals surface area contributed by atoms with E-state index >= 15 is 0 Å². The second-order valence-corrected chi connectivity index (χ2v) is 3.14. The van der Waals surface area contributed by atoms with E-state index in [-0.39, 0.29) is 0 Å². The van der Waals surface area contributed by atoms with E-state index in [1.807, 2.05) is 12.3 Å². The number of H-pyrrole nitrogens is 1. The molecule has 14 heavy (non-hydrogen) atoms. The maximum atomic E-state index is 5.15. The average Bonchev–Trinajstić information content (AvgIpc) is 2.85. The molecule has 3 heteroatoms. The van der Waals surface area contributed by atoms with E-state index in [4.69, 9.17) is 4.42 Å². The molecule has 2 aliphatic rings. The van der Waals surface area contributed by atoms with Crippen molar-refractivity contribution in [2.24, 2.45) is 0 Å². The lowest BCUT2D eigenvalue weighted by atomic mass is 10.1. The van der Waals surface area contributed by atoms with Crippen LogP contribution in [0.4, 0.5) is 0 Å². The lowest BCUT2D eigenvalue weighted by molar-refractivity contribution is 0.552. The van der Waals surface area contributed by atoms with Gasteiger partial charge in [0.05, 0.1) is 30.7 Å². The van der Waals surface area contributed by atoms with Crippen molar-refractivity contribution in [3.8, 4) is 22.4 Å². The van der Waals surface area contributed by atoms with E-state index in [1.165, 1.54) is 5.56 Å². The number of nitrogens with one attached hydrogen (secondary N) is 1. The first-order valence-corrected chi connectivity index (χ1v) is 4.39. The summed E-state index contributed by atoms with van der Waals surface area (Å²) in [6.07, 6.45) is 6.92. The number of hydrogen-bond acceptors (Lipinski definition) is 2. The Morgan fingerprint density at radius 1 is 1.14 bits per heavy atom. The molecule has 0 aromatic carbocycles. The molecule has 2 heterocycles. The third-order valence-corrected chi connectivity index (χ3v) is 2.33. The van der Waals surface area contributed by atoms with Gasteiger partial charge in [-0.15, -0.1) is 0 Å². The molecule has 1 N–H and O–H groups in total. The molecule has 3 nitrogen and oxygen atoms in total. The normalized spacial score (nSPS) is 10.9. The fourth-order valence-corrected chi connectivity index (χ4v) is 1.64. The molecule has 1 aliphatic carbocycles. The molecule has 0 spiro atoms. The highest BCUT2D eigenvalue weighted by Crippen LogP contribution is 2.33. The Kier molecular flexibility index (Phi) is 1.44. The topological polar surface area (TPSA) is 41.8 Å². The van der Waals surface area contributed by atoms with Gasteiger partial charge in [0, 0.05) is 11.1 Å². The van der Waals surface area contributed by atoms with E-state index < -0.39 is 0 Å². The molecule has 1 aromatic rings. The summed E-state index contributed by atoms with van der Waals surface area (Å²) in [6, 6.07) is 6.09. The van der Waals surface area contributed by atoms with Gasteiger partial charge in [-0.25, -0.2) is 4.98 Å².